The third-order valence-corrected chi connectivity index (χ3v) is 3.75. The molecule has 5 heteroatoms. The summed E-state index contributed by atoms with van der Waals surface area (Å²) in [4.78, 5) is 4.67. The summed E-state index contributed by atoms with van der Waals surface area (Å²) in [6.45, 7) is -0.879. The molecule has 0 aliphatic rings. The molecule has 1 heterocycles. The Labute approximate surface area is 139 Å². The van der Waals surface area contributed by atoms with Crippen LogP contribution in [0.1, 0.15) is 0 Å². The number of hydrogen-bond donors (Lipinski definition) is 2. The number of hydrogen-bond acceptors (Lipinski definition) is 4. The number of aliphatic hydroxyl groups excluding tert-OH is 1. The Morgan fingerprint density at radius 1 is 1.12 bits per heavy atom. The average Bonchev–Trinajstić information content (AvgIpc) is 2.65. The fourth-order valence-corrected chi connectivity index (χ4v) is 2.40. The number of ether oxygens (including phenoxy) is 1. The van der Waals surface area contributed by atoms with Gasteiger partial charge in [-0.15, -0.1) is 0 Å². The van der Waals surface area contributed by atoms with Gasteiger partial charge in [0.2, 0.25) is 0 Å². The zero-order valence-corrected chi connectivity index (χ0v) is 13.4. The lowest BCUT2D eigenvalue weighted by Gasteiger charge is -2.10. The van der Waals surface area contributed by atoms with Crippen molar-refractivity contribution in [1.82, 2.24) is 4.98 Å². The Balaban J connectivity index is 1.83. The number of anilines is 1. The van der Waals surface area contributed by atoms with Gasteiger partial charge in [0.25, 0.3) is 0 Å². The molecule has 0 radical (unpaired) electrons. The highest BCUT2D eigenvalue weighted by Crippen LogP contribution is 2.25. The molecule has 3 aromatic rings. The number of nitrogens with zero attached hydrogens (tertiary/aromatic N) is 1. The number of benzene rings is 2. The van der Waals surface area contributed by atoms with Gasteiger partial charge >= 0.3 is 0 Å². The third kappa shape index (κ3) is 3.63. The van der Waals surface area contributed by atoms with Crippen molar-refractivity contribution in [3.05, 3.63) is 54.6 Å². The number of fused-ring (bicyclic) bond motifs is 1. The molecule has 0 saturated carbocycles. The van der Waals surface area contributed by atoms with Gasteiger partial charge in [0.1, 0.15) is 25.1 Å². The van der Waals surface area contributed by atoms with Crippen molar-refractivity contribution in [1.29, 1.82) is 0 Å². The predicted molar refractivity (Wildman–Crippen MR) is 94.2 cm³/mol. The fraction of sp³-hybridized carbons (Fsp3) is 0.211. The molecule has 1 aromatic heterocycles. The molecule has 4 nitrogen and oxygen atoms in total. The molecule has 1 unspecified atom stereocenters. The van der Waals surface area contributed by atoms with Crippen LogP contribution < -0.4 is 10.1 Å². The maximum Gasteiger partial charge on any atom is 0.120 e. The topological polar surface area (TPSA) is 54.4 Å². The predicted octanol–water partition coefficient (Wildman–Crippen LogP) is 3.65. The second-order valence-corrected chi connectivity index (χ2v) is 5.50. The highest BCUT2D eigenvalue weighted by Gasteiger charge is 2.06. The van der Waals surface area contributed by atoms with E-state index in [2.05, 4.69) is 10.3 Å². The first-order valence-electron chi connectivity index (χ1n) is 7.75. The van der Waals surface area contributed by atoms with E-state index in [1.165, 1.54) is 0 Å². The molecule has 2 aromatic carbocycles. The van der Waals surface area contributed by atoms with Gasteiger partial charge in [0.05, 0.1) is 11.2 Å². The molecule has 0 saturated heterocycles. The van der Waals surface area contributed by atoms with Crippen LogP contribution in [-0.2, 0) is 0 Å². The Hall–Kier alpha value is -2.66. The molecular weight excluding hydrogens is 306 g/mol. The maximum atomic E-state index is 12.3. The van der Waals surface area contributed by atoms with Crippen LogP contribution in [0, 0.1) is 0 Å². The summed E-state index contributed by atoms with van der Waals surface area (Å²) >= 11 is 0. The fourth-order valence-electron chi connectivity index (χ4n) is 2.40. The molecule has 24 heavy (non-hydrogen) atoms. The van der Waals surface area contributed by atoms with Crippen molar-refractivity contribution >= 4 is 16.6 Å². The molecule has 1 atom stereocenters. The number of aromatic nitrogens is 1. The number of rotatable bonds is 6. The van der Waals surface area contributed by atoms with Gasteiger partial charge in [-0.1, -0.05) is 18.2 Å². The second kappa shape index (κ2) is 7.27. The molecule has 0 amide bonds. The molecule has 0 aliphatic heterocycles. The average molecular weight is 325 g/mol. The highest BCUT2D eigenvalue weighted by molar-refractivity contribution is 5.83. The maximum absolute atomic E-state index is 12.3. The number of nitrogens with one attached hydrogen (secondary N) is 1. The monoisotopic (exact) mass is 325 g/mol. The third-order valence-electron chi connectivity index (χ3n) is 3.75. The molecular formula is C19H19FN2O2. The van der Waals surface area contributed by atoms with E-state index in [1.54, 1.807) is 6.07 Å². The Kier molecular flexibility index (Phi) is 4.91. The second-order valence-electron chi connectivity index (χ2n) is 5.50. The Bertz CT molecular complexity index is 821. The van der Waals surface area contributed by atoms with E-state index >= 15 is 0 Å². The zero-order chi connectivity index (χ0) is 16.9. The molecule has 0 aliphatic carbocycles. The number of halogens is 1. The molecule has 0 fully saturated rings. The number of pyridine rings is 1. The van der Waals surface area contributed by atoms with Crippen LogP contribution in [0.4, 0.5) is 10.1 Å². The van der Waals surface area contributed by atoms with Crippen molar-refractivity contribution in [3.63, 3.8) is 0 Å². The molecule has 2 N–H and O–H groups in total. The Morgan fingerprint density at radius 3 is 2.62 bits per heavy atom. The van der Waals surface area contributed by atoms with Gasteiger partial charge in [-0.25, -0.2) is 9.37 Å². The Morgan fingerprint density at radius 2 is 1.92 bits per heavy atom. The molecule has 0 bridgehead atoms. The van der Waals surface area contributed by atoms with Gasteiger partial charge in [0.15, 0.2) is 0 Å². The summed E-state index contributed by atoms with van der Waals surface area (Å²) in [6, 6.07) is 17.5. The van der Waals surface area contributed by atoms with Crippen LogP contribution in [0.25, 0.3) is 22.2 Å². The summed E-state index contributed by atoms with van der Waals surface area (Å²) in [5.74, 6) is 0.586. The summed E-state index contributed by atoms with van der Waals surface area (Å²) < 4.78 is 17.6. The molecule has 0 spiro atoms. The number of aliphatic hydroxyl groups is 1. The minimum Gasteiger partial charge on any atom is -0.491 e. The first kappa shape index (κ1) is 16.2. The van der Waals surface area contributed by atoms with Gasteiger partial charge in [0, 0.05) is 23.7 Å². The van der Waals surface area contributed by atoms with Crippen molar-refractivity contribution in [2.24, 2.45) is 0 Å². The van der Waals surface area contributed by atoms with E-state index < -0.39 is 12.8 Å². The summed E-state index contributed by atoms with van der Waals surface area (Å²) in [6.07, 6.45) is -1.10. The van der Waals surface area contributed by atoms with E-state index in [4.69, 9.17) is 4.74 Å². The lowest BCUT2D eigenvalue weighted by Crippen LogP contribution is -2.19. The van der Waals surface area contributed by atoms with Gasteiger partial charge in [-0.2, -0.15) is 0 Å². The van der Waals surface area contributed by atoms with Crippen LogP contribution in [0.15, 0.2) is 54.6 Å². The minimum absolute atomic E-state index is 0.0642. The van der Waals surface area contributed by atoms with Crippen LogP contribution in [0.2, 0.25) is 0 Å². The highest BCUT2D eigenvalue weighted by atomic mass is 18.2. The van der Waals surface area contributed by atoms with Crippen LogP contribution in [0.3, 0.4) is 0 Å². The van der Waals surface area contributed by atoms with E-state index in [-0.39, 0.29) is 6.61 Å². The minimum atomic E-state index is -1.10. The van der Waals surface area contributed by atoms with Gasteiger partial charge in [-0.3, -0.25) is 0 Å². The van der Waals surface area contributed by atoms with Gasteiger partial charge in [-0.05, 0) is 36.4 Å². The van der Waals surface area contributed by atoms with E-state index in [9.17, 15) is 9.50 Å². The van der Waals surface area contributed by atoms with E-state index in [0.29, 0.717) is 5.75 Å². The van der Waals surface area contributed by atoms with Crippen LogP contribution in [-0.4, -0.2) is 36.5 Å². The zero-order valence-electron chi connectivity index (χ0n) is 13.4. The van der Waals surface area contributed by atoms with E-state index in [0.717, 1.165) is 27.8 Å². The van der Waals surface area contributed by atoms with Crippen LogP contribution in [0.5, 0.6) is 5.75 Å². The standard InChI is InChI=1S/C19H19FN2O2/c1-21-15-5-2-13(3-6-15)18-8-4-14-10-17(7-9-19(14)22-18)24-12-16(23)11-20/h2-10,16,21,23H,11-12H2,1H3/i20-1. The van der Waals surface area contributed by atoms with Crippen LogP contribution >= 0.6 is 0 Å². The molecule has 124 valence electrons. The van der Waals surface area contributed by atoms with Crippen molar-refractivity contribution < 1.29 is 14.2 Å². The summed E-state index contributed by atoms with van der Waals surface area (Å²) in [5.41, 5.74) is 3.84. The lowest BCUT2D eigenvalue weighted by molar-refractivity contribution is 0.0842. The lowest BCUT2D eigenvalue weighted by atomic mass is 10.1. The van der Waals surface area contributed by atoms with Crippen molar-refractivity contribution in [3.8, 4) is 17.0 Å². The first-order chi connectivity index (χ1) is 11.7. The normalized spacial score (nSPS) is 12.1. The quantitative estimate of drug-likeness (QED) is 0.726. The van der Waals surface area contributed by atoms with Crippen molar-refractivity contribution in [2.75, 3.05) is 25.6 Å². The summed E-state index contributed by atoms with van der Waals surface area (Å²) in [7, 11) is 1.88. The number of alkyl halides is 1. The SMILES string of the molecule is CNc1ccc(-c2ccc3cc(OCC(O)C[18F])ccc3n2)cc1. The van der Waals surface area contributed by atoms with Crippen molar-refractivity contribution in [2.45, 2.75) is 6.10 Å². The first-order valence-corrected chi connectivity index (χ1v) is 7.75. The van der Waals surface area contributed by atoms with Gasteiger partial charge < -0.3 is 15.2 Å². The van der Waals surface area contributed by atoms with E-state index in [1.807, 2.05) is 55.6 Å². The molecule has 3 rings (SSSR count). The smallest absolute Gasteiger partial charge is 0.120 e. The largest absolute Gasteiger partial charge is 0.491 e. The summed E-state index contributed by atoms with van der Waals surface area (Å²) in [5, 5.41) is 13.2.